The molecule has 1 fully saturated rings. The summed E-state index contributed by atoms with van der Waals surface area (Å²) in [4.78, 5) is 20.3. The monoisotopic (exact) mass is 324 g/mol. The minimum atomic E-state index is -0.456. The lowest BCUT2D eigenvalue weighted by atomic mass is 10.1. The summed E-state index contributed by atoms with van der Waals surface area (Å²) in [5.41, 5.74) is 7.94. The van der Waals surface area contributed by atoms with Crippen LogP contribution in [0.4, 0.5) is 5.82 Å². The average Bonchev–Trinajstić information content (AvgIpc) is 3.38. The van der Waals surface area contributed by atoms with Crippen LogP contribution in [0.1, 0.15) is 31.2 Å². The Kier molecular flexibility index (Phi) is 4.20. The van der Waals surface area contributed by atoms with E-state index in [0.29, 0.717) is 28.3 Å². The smallest absolute Gasteiger partial charge is 0.354 e. The van der Waals surface area contributed by atoms with Crippen molar-refractivity contribution < 1.29 is 4.74 Å². The number of hydrogen-bond acceptors (Lipinski definition) is 5. The number of nitrogens with two attached hydrogens (primary N) is 1. The van der Waals surface area contributed by atoms with Crippen LogP contribution in [-0.4, -0.2) is 23.4 Å². The number of benzene rings is 1. The highest BCUT2D eigenvalue weighted by Crippen LogP contribution is 2.43. The molecule has 0 amide bonds. The molecule has 0 atom stereocenters. The lowest BCUT2D eigenvalue weighted by Gasteiger charge is -2.15. The van der Waals surface area contributed by atoms with Gasteiger partial charge in [-0.15, -0.1) is 0 Å². The molecule has 1 aromatic carbocycles. The van der Waals surface area contributed by atoms with E-state index in [0.717, 1.165) is 18.4 Å². The van der Waals surface area contributed by atoms with Gasteiger partial charge < -0.3 is 10.5 Å². The SMILES string of the molecule is C=N/C=C(\C=C/C)n1c(=O)nc(N)c2c(OC)cc(C3CC3)cc21. The molecule has 0 saturated heterocycles. The van der Waals surface area contributed by atoms with Crippen molar-refractivity contribution in [3.8, 4) is 5.75 Å². The molecule has 1 saturated carbocycles. The molecule has 0 unspecified atom stereocenters. The largest absolute Gasteiger partial charge is 0.496 e. The molecule has 2 aromatic rings. The van der Waals surface area contributed by atoms with Crippen LogP contribution in [0.2, 0.25) is 0 Å². The quantitative estimate of drug-likeness (QED) is 0.677. The van der Waals surface area contributed by atoms with Crippen molar-refractivity contribution in [3.63, 3.8) is 0 Å². The number of rotatable bonds is 5. The summed E-state index contributed by atoms with van der Waals surface area (Å²) in [6.45, 7) is 5.35. The fourth-order valence-corrected chi connectivity index (χ4v) is 2.87. The Morgan fingerprint density at radius 3 is 2.83 bits per heavy atom. The van der Waals surface area contributed by atoms with E-state index in [9.17, 15) is 4.79 Å². The van der Waals surface area contributed by atoms with Gasteiger partial charge in [0.15, 0.2) is 0 Å². The number of anilines is 1. The summed E-state index contributed by atoms with van der Waals surface area (Å²) in [6, 6.07) is 3.98. The summed E-state index contributed by atoms with van der Waals surface area (Å²) in [7, 11) is 1.59. The average molecular weight is 324 g/mol. The van der Waals surface area contributed by atoms with Gasteiger partial charge in [0.05, 0.1) is 29.9 Å². The molecular formula is C18H20N4O2. The van der Waals surface area contributed by atoms with Gasteiger partial charge in [-0.2, -0.15) is 4.98 Å². The number of ether oxygens (including phenoxy) is 1. The third-order valence-corrected chi connectivity index (χ3v) is 4.10. The number of aliphatic imine (C=N–C) groups is 1. The van der Waals surface area contributed by atoms with Crippen molar-refractivity contribution >= 4 is 29.1 Å². The van der Waals surface area contributed by atoms with Crippen LogP contribution in [0.5, 0.6) is 5.75 Å². The van der Waals surface area contributed by atoms with E-state index >= 15 is 0 Å². The van der Waals surface area contributed by atoms with Crippen LogP contribution >= 0.6 is 0 Å². The molecule has 1 aliphatic rings. The molecule has 0 radical (unpaired) electrons. The van der Waals surface area contributed by atoms with E-state index in [1.165, 1.54) is 10.8 Å². The third-order valence-electron chi connectivity index (χ3n) is 4.10. The van der Waals surface area contributed by atoms with E-state index in [-0.39, 0.29) is 5.82 Å². The molecule has 0 bridgehead atoms. The molecule has 3 rings (SSSR count). The highest BCUT2D eigenvalue weighted by atomic mass is 16.5. The number of nitrogen functional groups attached to an aromatic ring is 1. The van der Waals surface area contributed by atoms with E-state index in [2.05, 4.69) is 16.7 Å². The van der Waals surface area contributed by atoms with Crippen molar-refractivity contribution in [2.45, 2.75) is 25.7 Å². The number of nitrogens with zero attached hydrogens (tertiary/aromatic N) is 3. The van der Waals surface area contributed by atoms with Crippen molar-refractivity contribution in [2.24, 2.45) is 4.99 Å². The maximum Gasteiger partial charge on any atom is 0.354 e. The number of hydrogen-bond donors (Lipinski definition) is 1. The Bertz CT molecular complexity index is 921. The second-order valence-corrected chi connectivity index (χ2v) is 5.74. The van der Waals surface area contributed by atoms with E-state index in [1.54, 1.807) is 13.2 Å². The lowest BCUT2D eigenvalue weighted by Crippen LogP contribution is -2.24. The van der Waals surface area contributed by atoms with Gasteiger partial charge in [0.2, 0.25) is 0 Å². The predicted octanol–water partition coefficient (Wildman–Crippen LogP) is 2.94. The van der Waals surface area contributed by atoms with Gasteiger partial charge in [0.1, 0.15) is 11.6 Å². The van der Waals surface area contributed by atoms with E-state index in [1.807, 2.05) is 25.1 Å². The summed E-state index contributed by atoms with van der Waals surface area (Å²) >= 11 is 0. The first-order valence-electron chi connectivity index (χ1n) is 7.80. The summed E-state index contributed by atoms with van der Waals surface area (Å²) in [5.74, 6) is 1.30. The first-order chi connectivity index (χ1) is 11.6. The second-order valence-electron chi connectivity index (χ2n) is 5.74. The van der Waals surface area contributed by atoms with Gasteiger partial charge in [-0.05, 0) is 56.2 Å². The standard InChI is InChI=1S/C18H20N4O2/c1-4-5-13(10-20-2)22-14-8-12(11-6-7-11)9-15(24-3)16(14)17(19)21-18(22)23/h4-5,8-11H,2,6-7H2,1,3H3,(H2,19,21,23)/b5-4-,13-10+. The number of allylic oxidation sites excluding steroid dienone is 3. The zero-order valence-corrected chi connectivity index (χ0v) is 13.8. The predicted molar refractivity (Wildman–Crippen MR) is 97.6 cm³/mol. The van der Waals surface area contributed by atoms with Gasteiger partial charge >= 0.3 is 5.69 Å². The van der Waals surface area contributed by atoms with Crippen molar-refractivity contribution in [1.82, 2.24) is 9.55 Å². The summed E-state index contributed by atoms with van der Waals surface area (Å²) in [6.07, 6.45) is 7.42. The van der Waals surface area contributed by atoms with Gasteiger partial charge in [-0.3, -0.25) is 9.56 Å². The fraction of sp³-hybridized carbons (Fsp3) is 0.278. The van der Waals surface area contributed by atoms with Crippen molar-refractivity contribution in [3.05, 3.63) is 46.5 Å². The first-order valence-corrected chi connectivity index (χ1v) is 7.80. The molecule has 2 N–H and O–H groups in total. The maximum atomic E-state index is 12.5. The number of aromatic nitrogens is 2. The minimum Gasteiger partial charge on any atom is -0.496 e. The Morgan fingerprint density at radius 2 is 2.25 bits per heavy atom. The number of fused-ring (bicyclic) bond motifs is 1. The number of methoxy groups -OCH3 is 1. The zero-order valence-electron chi connectivity index (χ0n) is 13.8. The molecule has 24 heavy (non-hydrogen) atoms. The Balaban J connectivity index is 2.43. The highest BCUT2D eigenvalue weighted by Gasteiger charge is 2.26. The maximum absolute atomic E-state index is 12.5. The second kappa shape index (κ2) is 6.31. The Morgan fingerprint density at radius 1 is 1.50 bits per heavy atom. The van der Waals surface area contributed by atoms with Gasteiger partial charge in [0.25, 0.3) is 0 Å². The molecular weight excluding hydrogens is 304 g/mol. The van der Waals surface area contributed by atoms with Crippen molar-refractivity contribution in [2.75, 3.05) is 12.8 Å². The zero-order chi connectivity index (χ0) is 17.3. The summed E-state index contributed by atoms with van der Waals surface area (Å²) < 4.78 is 7.01. The first kappa shape index (κ1) is 16.0. The van der Waals surface area contributed by atoms with Gasteiger partial charge in [-0.1, -0.05) is 6.08 Å². The van der Waals surface area contributed by atoms with Crippen LogP contribution in [0.25, 0.3) is 16.6 Å². The lowest BCUT2D eigenvalue weighted by molar-refractivity contribution is 0.419. The Labute approximate surface area is 140 Å². The van der Waals surface area contributed by atoms with Crippen LogP contribution in [0, 0.1) is 0 Å². The molecule has 0 aliphatic heterocycles. The van der Waals surface area contributed by atoms with Gasteiger partial charge in [0, 0.05) is 0 Å². The van der Waals surface area contributed by atoms with Crippen LogP contribution in [0.15, 0.2) is 40.3 Å². The van der Waals surface area contributed by atoms with Crippen LogP contribution < -0.4 is 16.2 Å². The molecule has 1 heterocycles. The van der Waals surface area contributed by atoms with Crippen LogP contribution in [0.3, 0.4) is 0 Å². The van der Waals surface area contributed by atoms with E-state index in [4.69, 9.17) is 10.5 Å². The molecule has 0 spiro atoms. The highest BCUT2D eigenvalue weighted by molar-refractivity contribution is 5.96. The summed E-state index contributed by atoms with van der Waals surface area (Å²) in [5, 5.41) is 0.626. The topological polar surface area (TPSA) is 82.5 Å². The normalized spacial score (nSPS) is 15.2. The fourth-order valence-electron chi connectivity index (χ4n) is 2.87. The molecule has 6 nitrogen and oxygen atoms in total. The van der Waals surface area contributed by atoms with Crippen LogP contribution in [-0.2, 0) is 0 Å². The van der Waals surface area contributed by atoms with Gasteiger partial charge in [-0.25, -0.2) is 4.79 Å². The molecule has 1 aromatic heterocycles. The minimum absolute atomic E-state index is 0.164. The van der Waals surface area contributed by atoms with Crippen molar-refractivity contribution in [1.29, 1.82) is 0 Å². The van der Waals surface area contributed by atoms with E-state index < -0.39 is 5.69 Å². The Hall–Kier alpha value is -2.89. The molecule has 6 heteroatoms. The molecule has 1 aliphatic carbocycles. The molecule has 124 valence electrons. The third kappa shape index (κ3) is 2.71.